The van der Waals surface area contributed by atoms with Crippen LogP contribution in [0.5, 0.6) is 11.5 Å². The normalized spacial score (nSPS) is 15.2. The van der Waals surface area contributed by atoms with Gasteiger partial charge in [-0.1, -0.05) is 47.5 Å². The Hall–Kier alpha value is -2.40. The van der Waals surface area contributed by atoms with Crippen molar-refractivity contribution in [2.75, 3.05) is 45.4 Å². The maximum atomic E-state index is 13.3. The average Bonchev–Trinajstić information content (AvgIpc) is 3.34. The van der Waals surface area contributed by atoms with Crippen LogP contribution in [0.3, 0.4) is 0 Å². The fourth-order valence-electron chi connectivity index (χ4n) is 3.63. The van der Waals surface area contributed by atoms with Crippen molar-refractivity contribution >= 4 is 58.5 Å². The number of esters is 1. The third-order valence-corrected chi connectivity index (χ3v) is 5.71. The molecule has 0 aromatic heterocycles. The van der Waals surface area contributed by atoms with Crippen LogP contribution in [0.4, 0.5) is 10.5 Å². The molecule has 2 rings (SSSR count). The second-order valence-electron chi connectivity index (χ2n) is 8.12. The lowest BCUT2D eigenvalue weighted by atomic mass is 10.1. The number of amides is 2. The van der Waals surface area contributed by atoms with E-state index in [0.717, 1.165) is 6.42 Å². The minimum absolute atomic E-state index is 0.0164. The number of nitrogens with zero attached hydrogens (tertiary/aromatic N) is 1. The molecule has 0 unspecified atom stereocenters. The first-order valence-corrected chi connectivity index (χ1v) is 12.8. The molecule has 13 heteroatoms. The molecule has 10 nitrogen and oxygen atoms in total. The minimum atomic E-state index is -1.67. The van der Waals surface area contributed by atoms with Gasteiger partial charge in [-0.15, -0.1) is 0 Å². The Morgan fingerprint density at radius 3 is 2.62 bits per heavy atom. The number of ether oxygens (including phenoxy) is 4. The van der Waals surface area contributed by atoms with Gasteiger partial charge >= 0.3 is 12.1 Å². The van der Waals surface area contributed by atoms with E-state index in [-0.39, 0.29) is 67.5 Å². The third kappa shape index (κ3) is 10.1. The summed E-state index contributed by atoms with van der Waals surface area (Å²) < 4.78 is 19.4. The SMILES string of the molecule is C=CCOC(=O)Nc1cc(OCCCCC(=O)OCC(Cl)(Cl)Cl)c(OC)cc1C(=O)N1CCC[C@H]1CO. The molecule has 0 radical (unpaired) electrons. The lowest BCUT2D eigenvalue weighted by Gasteiger charge is -2.25. The fraction of sp³-hybridized carbons (Fsp3) is 0.542. The summed E-state index contributed by atoms with van der Waals surface area (Å²) in [7, 11) is 1.43. The largest absolute Gasteiger partial charge is 0.493 e. The molecular formula is C24H31Cl3N2O8. The summed E-state index contributed by atoms with van der Waals surface area (Å²) in [6, 6.07) is 2.64. The minimum Gasteiger partial charge on any atom is -0.493 e. The molecule has 1 fully saturated rings. The van der Waals surface area contributed by atoms with Gasteiger partial charge in [-0.3, -0.25) is 14.9 Å². The number of hydrogen-bond acceptors (Lipinski definition) is 8. The number of unbranched alkanes of at least 4 members (excludes halogenated alkanes) is 1. The average molecular weight is 582 g/mol. The van der Waals surface area contributed by atoms with Crippen LogP contribution in [0.1, 0.15) is 42.5 Å². The van der Waals surface area contributed by atoms with Crippen molar-refractivity contribution in [2.24, 2.45) is 0 Å². The number of methoxy groups -OCH3 is 1. The zero-order chi connectivity index (χ0) is 27.4. The van der Waals surface area contributed by atoms with Gasteiger partial charge in [0.05, 0.1) is 37.6 Å². The predicted molar refractivity (Wildman–Crippen MR) is 140 cm³/mol. The highest BCUT2D eigenvalue weighted by atomic mass is 35.6. The van der Waals surface area contributed by atoms with E-state index in [1.54, 1.807) is 4.90 Å². The summed E-state index contributed by atoms with van der Waals surface area (Å²) in [5.41, 5.74) is 0.325. The van der Waals surface area contributed by atoms with Crippen molar-refractivity contribution in [1.29, 1.82) is 0 Å². The van der Waals surface area contributed by atoms with Crippen molar-refractivity contribution < 1.29 is 38.4 Å². The highest BCUT2D eigenvalue weighted by molar-refractivity contribution is 6.67. The standard InChI is InChI=1S/C24H31Cl3N2O8/c1-3-10-36-23(33)28-18-13-20(35-11-5-4-8-21(31)37-15-24(25,26)27)19(34-2)12-17(18)22(32)29-9-6-7-16(29)14-30/h3,12-13,16,30H,1,4-11,14-15H2,2H3,(H,28,33)/t16-/m0/s1. The number of likely N-dealkylation sites (tertiary alicyclic amines) is 1. The van der Waals surface area contributed by atoms with Crippen LogP contribution >= 0.6 is 34.8 Å². The summed E-state index contributed by atoms with van der Waals surface area (Å²) >= 11 is 16.7. The van der Waals surface area contributed by atoms with E-state index >= 15 is 0 Å². The van der Waals surface area contributed by atoms with Crippen LogP contribution < -0.4 is 14.8 Å². The number of carbonyl (C=O) groups is 3. The Labute approximate surface area is 230 Å². The van der Waals surface area contributed by atoms with E-state index < -0.39 is 15.9 Å². The van der Waals surface area contributed by atoms with E-state index in [1.165, 1.54) is 25.3 Å². The van der Waals surface area contributed by atoms with Crippen LogP contribution in [-0.2, 0) is 14.3 Å². The molecule has 37 heavy (non-hydrogen) atoms. The molecule has 1 aliphatic rings. The molecule has 1 aliphatic heterocycles. The third-order valence-electron chi connectivity index (χ3n) is 5.38. The van der Waals surface area contributed by atoms with E-state index in [2.05, 4.69) is 11.9 Å². The smallest absolute Gasteiger partial charge is 0.411 e. The first kappa shape index (κ1) is 30.8. The zero-order valence-corrected chi connectivity index (χ0v) is 22.7. The van der Waals surface area contributed by atoms with Crippen LogP contribution in [0.2, 0.25) is 0 Å². The molecule has 1 aromatic carbocycles. The number of rotatable bonds is 13. The molecule has 0 spiro atoms. The highest BCUT2D eigenvalue weighted by Gasteiger charge is 2.31. The number of nitrogens with one attached hydrogen (secondary N) is 1. The molecule has 1 aromatic rings. The van der Waals surface area contributed by atoms with Crippen LogP contribution in [0.15, 0.2) is 24.8 Å². The Morgan fingerprint density at radius 1 is 1.22 bits per heavy atom. The molecule has 1 saturated heterocycles. The van der Waals surface area contributed by atoms with Crippen molar-refractivity contribution in [1.82, 2.24) is 4.90 Å². The molecule has 1 atom stereocenters. The quantitative estimate of drug-likeness (QED) is 0.151. The first-order chi connectivity index (χ1) is 17.6. The molecule has 2 amide bonds. The van der Waals surface area contributed by atoms with Gasteiger partial charge < -0.3 is 29.0 Å². The number of halogens is 3. The van der Waals surface area contributed by atoms with Crippen molar-refractivity contribution in [3.8, 4) is 11.5 Å². The number of alkyl halides is 3. The molecule has 1 heterocycles. The van der Waals surface area contributed by atoms with Gasteiger partial charge in [-0.25, -0.2) is 4.79 Å². The Kier molecular flexibility index (Phi) is 12.6. The van der Waals surface area contributed by atoms with Crippen LogP contribution in [-0.4, -0.2) is 77.9 Å². The molecule has 206 valence electrons. The monoisotopic (exact) mass is 580 g/mol. The van der Waals surface area contributed by atoms with E-state index in [1.807, 2.05) is 0 Å². The van der Waals surface area contributed by atoms with Crippen molar-refractivity contribution in [3.63, 3.8) is 0 Å². The number of aliphatic hydroxyl groups excluding tert-OH is 1. The van der Waals surface area contributed by atoms with E-state index in [4.69, 9.17) is 53.8 Å². The Morgan fingerprint density at radius 2 is 1.97 bits per heavy atom. The number of hydrogen-bond donors (Lipinski definition) is 2. The lowest BCUT2D eigenvalue weighted by molar-refractivity contribution is -0.143. The molecule has 2 N–H and O–H groups in total. The maximum Gasteiger partial charge on any atom is 0.411 e. The van der Waals surface area contributed by atoms with Crippen LogP contribution in [0.25, 0.3) is 0 Å². The Bertz CT molecular complexity index is 955. The van der Waals surface area contributed by atoms with Crippen molar-refractivity contribution in [2.45, 2.75) is 41.9 Å². The summed E-state index contributed by atoms with van der Waals surface area (Å²) in [6.07, 6.45) is 3.13. The van der Waals surface area contributed by atoms with E-state index in [9.17, 15) is 19.5 Å². The van der Waals surface area contributed by atoms with Gasteiger partial charge in [0.2, 0.25) is 3.79 Å². The summed E-state index contributed by atoms with van der Waals surface area (Å²) in [6.45, 7) is 3.68. The number of benzene rings is 1. The summed E-state index contributed by atoms with van der Waals surface area (Å²) in [5, 5.41) is 12.2. The fourth-order valence-corrected chi connectivity index (χ4v) is 3.79. The van der Waals surface area contributed by atoms with E-state index in [0.29, 0.717) is 25.8 Å². The second-order valence-corrected chi connectivity index (χ2v) is 10.6. The number of anilines is 1. The molecule has 0 aliphatic carbocycles. The number of carbonyl (C=O) groups excluding carboxylic acids is 3. The molecular weight excluding hydrogens is 551 g/mol. The van der Waals surface area contributed by atoms with Gasteiger partial charge in [0.25, 0.3) is 5.91 Å². The first-order valence-electron chi connectivity index (χ1n) is 11.6. The summed E-state index contributed by atoms with van der Waals surface area (Å²) in [5.74, 6) is -0.319. The number of aliphatic hydroxyl groups is 1. The van der Waals surface area contributed by atoms with Crippen molar-refractivity contribution in [3.05, 3.63) is 30.4 Å². The molecule has 0 bridgehead atoms. The lowest BCUT2D eigenvalue weighted by Crippen LogP contribution is -2.38. The zero-order valence-electron chi connectivity index (χ0n) is 20.5. The highest BCUT2D eigenvalue weighted by Crippen LogP contribution is 2.36. The van der Waals surface area contributed by atoms with Gasteiger partial charge in [-0.2, -0.15) is 0 Å². The Balaban J connectivity index is 2.12. The summed E-state index contributed by atoms with van der Waals surface area (Å²) in [4.78, 5) is 38.9. The maximum absolute atomic E-state index is 13.3. The topological polar surface area (TPSA) is 124 Å². The van der Waals surface area contributed by atoms with Gasteiger partial charge in [0.1, 0.15) is 13.2 Å². The van der Waals surface area contributed by atoms with Crippen LogP contribution in [0, 0.1) is 0 Å². The van der Waals surface area contributed by atoms with Gasteiger partial charge in [-0.05, 0) is 31.7 Å². The van der Waals surface area contributed by atoms with Gasteiger partial charge in [0.15, 0.2) is 11.5 Å². The second kappa shape index (κ2) is 15.1. The molecule has 0 saturated carbocycles. The van der Waals surface area contributed by atoms with Gasteiger partial charge in [0, 0.05) is 19.0 Å². The predicted octanol–water partition coefficient (Wildman–Crippen LogP) is 4.49.